The lowest BCUT2D eigenvalue weighted by atomic mass is 10.3. The van der Waals surface area contributed by atoms with E-state index in [0.717, 1.165) is 18.2 Å². The number of nitrogens with zero attached hydrogens (tertiary/aromatic N) is 3. The van der Waals surface area contributed by atoms with Crippen molar-refractivity contribution in [1.82, 2.24) is 15.3 Å². The molecule has 112 valence electrons. The van der Waals surface area contributed by atoms with Crippen molar-refractivity contribution >= 4 is 29.3 Å². The molecule has 0 saturated carbocycles. The maximum atomic E-state index is 11.8. The minimum absolute atomic E-state index is 0.0168. The molecule has 1 rings (SSSR count). The molecule has 6 nitrogen and oxygen atoms in total. The molecule has 0 unspecified atom stereocenters. The van der Waals surface area contributed by atoms with Gasteiger partial charge in [-0.2, -0.15) is 0 Å². The van der Waals surface area contributed by atoms with Crippen LogP contribution in [0.4, 0.5) is 11.6 Å². The number of thioether (sulfide) groups is 1. The smallest absolute Gasteiger partial charge is 0.239 e. The Morgan fingerprint density at radius 2 is 2.15 bits per heavy atom. The van der Waals surface area contributed by atoms with Crippen LogP contribution in [0.1, 0.15) is 20.8 Å². The van der Waals surface area contributed by atoms with Crippen LogP contribution in [0, 0.1) is 0 Å². The molecule has 0 atom stereocenters. The number of hydrogen-bond donors (Lipinski definition) is 2. The average molecular weight is 297 g/mol. The molecule has 0 aliphatic carbocycles. The summed E-state index contributed by atoms with van der Waals surface area (Å²) in [6, 6.07) is 1.99. The fourth-order valence-corrected chi connectivity index (χ4v) is 2.01. The van der Waals surface area contributed by atoms with Crippen LogP contribution < -0.4 is 15.5 Å². The quantitative estimate of drug-likeness (QED) is 0.588. The molecule has 0 aliphatic heterocycles. The van der Waals surface area contributed by atoms with Gasteiger partial charge in [0.25, 0.3) is 0 Å². The number of nitrogens with one attached hydrogen (secondary N) is 2. The summed E-state index contributed by atoms with van der Waals surface area (Å²) in [7, 11) is 1.85. The predicted octanol–water partition coefficient (Wildman–Crippen LogP) is 1.59. The summed E-state index contributed by atoms with van der Waals surface area (Å²) < 4.78 is 0. The SMILES string of the molecule is CCNc1cc(N(C)CC(=O)NC(C)C)nc(SC)n1. The number of hydrogen-bond acceptors (Lipinski definition) is 6. The van der Waals surface area contributed by atoms with Crippen LogP contribution in [0.25, 0.3) is 0 Å². The summed E-state index contributed by atoms with van der Waals surface area (Å²) >= 11 is 1.48. The lowest BCUT2D eigenvalue weighted by Gasteiger charge is -2.19. The van der Waals surface area contributed by atoms with Crippen molar-refractivity contribution in [2.45, 2.75) is 32.0 Å². The molecule has 0 radical (unpaired) electrons. The molecule has 7 heteroatoms. The van der Waals surface area contributed by atoms with Gasteiger partial charge in [-0.05, 0) is 27.0 Å². The van der Waals surface area contributed by atoms with Gasteiger partial charge in [0, 0.05) is 25.7 Å². The third kappa shape index (κ3) is 5.24. The van der Waals surface area contributed by atoms with Gasteiger partial charge in [0.2, 0.25) is 5.91 Å². The van der Waals surface area contributed by atoms with Crippen LogP contribution >= 0.6 is 11.8 Å². The van der Waals surface area contributed by atoms with Crippen LogP contribution in [0.2, 0.25) is 0 Å². The fraction of sp³-hybridized carbons (Fsp3) is 0.615. The molecular formula is C13H23N5OS. The van der Waals surface area contributed by atoms with Gasteiger partial charge in [-0.25, -0.2) is 9.97 Å². The number of carbonyl (C=O) groups is 1. The first-order valence-corrected chi connectivity index (χ1v) is 7.86. The highest BCUT2D eigenvalue weighted by molar-refractivity contribution is 7.98. The van der Waals surface area contributed by atoms with Gasteiger partial charge in [0.15, 0.2) is 5.16 Å². The summed E-state index contributed by atoms with van der Waals surface area (Å²) in [6.45, 7) is 6.96. The van der Waals surface area contributed by atoms with E-state index in [1.807, 2.05) is 45.0 Å². The van der Waals surface area contributed by atoms with Gasteiger partial charge in [0.1, 0.15) is 11.6 Å². The molecule has 1 aromatic rings. The highest BCUT2D eigenvalue weighted by Gasteiger charge is 2.12. The fourth-order valence-electron chi connectivity index (χ4n) is 1.64. The first-order chi connectivity index (χ1) is 9.46. The zero-order valence-corrected chi connectivity index (χ0v) is 13.5. The van der Waals surface area contributed by atoms with E-state index in [1.165, 1.54) is 11.8 Å². The Hall–Kier alpha value is -1.50. The normalized spacial score (nSPS) is 10.5. The second-order valence-electron chi connectivity index (χ2n) is 4.71. The number of amides is 1. The van der Waals surface area contributed by atoms with Gasteiger partial charge in [0.05, 0.1) is 6.54 Å². The minimum atomic E-state index is -0.0168. The maximum absolute atomic E-state index is 11.8. The average Bonchev–Trinajstić information content (AvgIpc) is 2.37. The first kappa shape index (κ1) is 16.6. The van der Waals surface area contributed by atoms with E-state index in [1.54, 1.807) is 0 Å². The van der Waals surface area contributed by atoms with Crippen molar-refractivity contribution in [1.29, 1.82) is 0 Å². The highest BCUT2D eigenvalue weighted by Crippen LogP contribution is 2.19. The Balaban J connectivity index is 2.82. The third-order valence-corrected chi connectivity index (χ3v) is 3.00. The lowest BCUT2D eigenvalue weighted by molar-refractivity contribution is -0.120. The topological polar surface area (TPSA) is 70.2 Å². The minimum Gasteiger partial charge on any atom is -0.370 e. The van der Waals surface area contributed by atoms with Gasteiger partial charge >= 0.3 is 0 Å². The van der Waals surface area contributed by atoms with Crippen molar-refractivity contribution in [3.8, 4) is 0 Å². The van der Waals surface area contributed by atoms with E-state index in [4.69, 9.17) is 0 Å². The standard InChI is InChI=1S/C13H23N5OS/c1-6-14-10-7-11(17-13(16-10)20-5)18(4)8-12(19)15-9(2)3/h7,9H,6,8H2,1-5H3,(H,15,19)(H,14,16,17). The number of anilines is 2. The Morgan fingerprint density at radius 1 is 1.45 bits per heavy atom. The van der Waals surface area contributed by atoms with Crippen molar-refractivity contribution in [3.63, 3.8) is 0 Å². The van der Waals surface area contributed by atoms with Crippen molar-refractivity contribution < 1.29 is 4.79 Å². The van der Waals surface area contributed by atoms with Crippen LogP contribution in [0.5, 0.6) is 0 Å². The molecule has 0 spiro atoms. The van der Waals surface area contributed by atoms with Gasteiger partial charge < -0.3 is 15.5 Å². The maximum Gasteiger partial charge on any atom is 0.239 e. The number of rotatable bonds is 7. The van der Waals surface area contributed by atoms with E-state index in [0.29, 0.717) is 5.16 Å². The van der Waals surface area contributed by atoms with Crippen LogP contribution in [0.3, 0.4) is 0 Å². The molecule has 0 aromatic carbocycles. The first-order valence-electron chi connectivity index (χ1n) is 6.63. The van der Waals surface area contributed by atoms with Crippen molar-refractivity contribution in [2.24, 2.45) is 0 Å². The number of aromatic nitrogens is 2. The molecule has 0 aliphatic rings. The monoisotopic (exact) mass is 297 g/mol. The summed E-state index contributed by atoms with van der Waals surface area (Å²) in [4.78, 5) is 22.4. The molecule has 0 fully saturated rings. The van der Waals surface area contributed by atoms with Crippen molar-refractivity contribution in [2.75, 3.05) is 36.6 Å². The van der Waals surface area contributed by atoms with E-state index >= 15 is 0 Å². The molecule has 0 bridgehead atoms. The molecule has 1 amide bonds. The number of carbonyl (C=O) groups excluding carboxylic acids is 1. The van der Waals surface area contributed by atoms with Gasteiger partial charge in [-0.3, -0.25) is 4.79 Å². The summed E-state index contributed by atoms with van der Waals surface area (Å²) in [6.07, 6.45) is 1.93. The second-order valence-corrected chi connectivity index (χ2v) is 5.48. The summed E-state index contributed by atoms with van der Waals surface area (Å²) in [5, 5.41) is 6.73. The zero-order chi connectivity index (χ0) is 15.1. The van der Waals surface area contributed by atoms with Crippen molar-refractivity contribution in [3.05, 3.63) is 6.07 Å². The Morgan fingerprint density at radius 3 is 2.70 bits per heavy atom. The van der Waals surface area contributed by atoms with E-state index in [9.17, 15) is 4.79 Å². The van der Waals surface area contributed by atoms with Crippen LogP contribution in [-0.4, -0.2) is 48.3 Å². The van der Waals surface area contributed by atoms with Gasteiger partial charge in [-0.1, -0.05) is 11.8 Å². The molecule has 1 heterocycles. The number of likely N-dealkylation sites (N-methyl/N-ethyl adjacent to an activating group) is 1. The van der Waals surface area contributed by atoms with E-state index in [-0.39, 0.29) is 18.5 Å². The molecular weight excluding hydrogens is 274 g/mol. The van der Waals surface area contributed by atoms with Gasteiger partial charge in [-0.15, -0.1) is 0 Å². The molecule has 1 aromatic heterocycles. The molecule has 2 N–H and O–H groups in total. The predicted molar refractivity (Wildman–Crippen MR) is 84.5 cm³/mol. The Labute approximate surface area is 124 Å². The summed E-state index contributed by atoms with van der Waals surface area (Å²) in [5.41, 5.74) is 0. The van der Waals surface area contributed by atoms with E-state index in [2.05, 4.69) is 20.6 Å². The van der Waals surface area contributed by atoms with Crippen LogP contribution in [0.15, 0.2) is 11.2 Å². The largest absolute Gasteiger partial charge is 0.370 e. The molecule has 0 saturated heterocycles. The van der Waals surface area contributed by atoms with Crippen LogP contribution in [-0.2, 0) is 4.79 Å². The zero-order valence-electron chi connectivity index (χ0n) is 12.7. The van der Waals surface area contributed by atoms with E-state index < -0.39 is 0 Å². The third-order valence-electron chi connectivity index (χ3n) is 2.45. The molecule has 20 heavy (non-hydrogen) atoms. The highest BCUT2D eigenvalue weighted by atomic mass is 32.2. The second kappa shape index (κ2) is 7.94. The lowest BCUT2D eigenvalue weighted by Crippen LogP contribution is -2.38. The summed E-state index contributed by atoms with van der Waals surface area (Å²) in [5.74, 6) is 1.49. The Bertz CT molecular complexity index is 452. The Kier molecular flexibility index (Phi) is 6.57.